The van der Waals surface area contributed by atoms with E-state index in [0.29, 0.717) is 30.8 Å². The fourth-order valence-corrected chi connectivity index (χ4v) is 4.26. The SMILES string of the molecule is CN1C(=O)OCC(=O)N2CCCC(=N\S(C)(=O)=O)/C2=C/OC2CCC1CC2. The van der Waals surface area contributed by atoms with Crippen LogP contribution in [0.5, 0.6) is 0 Å². The number of sulfonamides is 1. The third kappa shape index (κ3) is 4.79. The van der Waals surface area contributed by atoms with E-state index in [9.17, 15) is 18.0 Å². The number of hydrogen-bond acceptors (Lipinski definition) is 6. The molecule has 2 bridgehead atoms. The molecular weight excluding hydrogens is 374 g/mol. The van der Waals surface area contributed by atoms with Crippen LogP contribution in [-0.4, -0.2) is 74.5 Å². The summed E-state index contributed by atoms with van der Waals surface area (Å²) in [7, 11) is -1.93. The third-order valence-electron chi connectivity index (χ3n) is 5.13. The predicted octanol–water partition coefficient (Wildman–Crippen LogP) is 1.26. The van der Waals surface area contributed by atoms with Crippen molar-refractivity contribution >= 4 is 27.7 Å². The van der Waals surface area contributed by atoms with E-state index in [1.54, 1.807) is 11.9 Å². The second-order valence-corrected chi connectivity index (χ2v) is 8.80. The Hall–Kier alpha value is -2.10. The maximum atomic E-state index is 12.6. The Bertz CT molecular complexity index is 768. The van der Waals surface area contributed by atoms with Gasteiger partial charge in [0.2, 0.25) is 0 Å². The topological polar surface area (TPSA) is 106 Å². The lowest BCUT2D eigenvalue weighted by Gasteiger charge is -2.33. The molecule has 1 saturated heterocycles. The zero-order valence-corrected chi connectivity index (χ0v) is 16.4. The minimum absolute atomic E-state index is 0.0442. The Labute approximate surface area is 159 Å². The summed E-state index contributed by atoms with van der Waals surface area (Å²) in [5.41, 5.74) is 0.631. The molecule has 0 unspecified atom stereocenters. The molecule has 2 amide bonds. The Balaban J connectivity index is 1.94. The quantitative estimate of drug-likeness (QED) is 0.657. The molecule has 0 aromatic rings. The number of nitrogens with zero attached hydrogens (tertiary/aromatic N) is 3. The van der Waals surface area contributed by atoms with E-state index < -0.39 is 28.6 Å². The van der Waals surface area contributed by atoms with E-state index in [1.165, 1.54) is 11.2 Å². The molecule has 0 spiro atoms. The van der Waals surface area contributed by atoms with Crippen molar-refractivity contribution in [1.82, 2.24) is 9.80 Å². The molecule has 0 N–H and O–H groups in total. The van der Waals surface area contributed by atoms with Crippen molar-refractivity contribution < 1.29 is 27.5 Å². The van der Waals surface area contributed by atoms with Gasteiger partial charge >= 0.3 is 6.09 Å². The van der Waals surface area contributed by atoms with Gasteiger partial charge in [-0.25, -0.2) is 13.2 Å². The van der Waals surface area contributed by atoms with E-state index in [2.05, 4.69) is 4.40 Å². The number of rotatable bonds is 1. The van der Waals surface area contributed by atoms with Gasteiger partial charge in [-0.2, -0.15) is 4.40 Å². The summed E-state index contributed by atoms with van der Waals surface area (Å²) in [6.45, 7) is -0.0275. The average Bonchev–Trinajstić information content (AvgIpc) is 2.63. The van der Waals surface area contributed by atoms with Crippen LogP contribution in [0.2, 0.25) is 0 Å². The molecule has 9 nitrogen and oxygen atoms in total. The maximum absolute atomic E-state index is 12.6. The molecule has 27 heavy (non-hydrogen) atoms. The van der Waals surface area contributed by atoms with Gasteiger partial charge in [0.1, 0.15) is 12.0 Å². The van der Waals surface area contributed by atoms with Gasteiger partial charge < -0.3 is 19.3 Å². The van der Waals surface area contributed by atoms with Gasteiger partial charge in [-0.1, -0.05) is 0 Å². The van der Waals surface area contributed by atoms with Crippen molar-refractivity contribution in [3.8, 4) is 0 Å². The summed E-state index contributed by atoms with van der Waals surface area (Å²) in [4.78, 5) is 27.8. The number of fused-ring (bicyclic) bond motifs is 7. The summed E-state index contributed by atoms with van der Waals surface area (Å²) >= 11 is 0. The standard InChI is InChI=1S/C17H25N3O6S/c1-19-12-5-7-13(8-6-12)25-10-15-14(18-27(2,23)24)4-3-9-20(15)16(21)11-26-17(19)22/h10,12-13H,3-9,11H2,1-2H3/b15-10-,18-14+. The molecule has 10 heteroatoms. The van der Waals surface area contributed by atoms with Crippen LogP contribution in [0.1, 0.15) is 38.5 Å². The Morgan fingerprint density at radius 2 is 1.89 bits per heavy atom. The van der Waals surface area contributed by atoms with Crippen LogP contribution in [0.25, 0.3) is 0 Å². The van der Waals surface area contributed by atoms with E-state index in [-0.39, 0.29) is 12.1 Å². The largest absolute Gasteiger partial charge is 0.496 e. The molecule has 2 fully saturated rings. The molecule has 1 saturated carbocycles. The summed E-state index contributed by atoms with van der Waals surface area (Å²) in [5, 5.41) is 0. The molecule has 150 valence electrons. The number of amides is 2. The summed E-state index contributed by atoms with van der Waals surface area (Å²) in [6.07, 6.45) is 5.98. The predicted molar refractivity (Wildman–Crippen MR) is 97.5 cm³/mol. The van der Waals surface area contributed by atoms with E-state index in [0.717, 1.165) is 31.9 Å². The van der Waals surface area contributed by atoms with Crippen LogP contribution in [0.15, 0.2) is 16.4 Å². The molecule has 0 aromatic carbocycles. The summed E-state index contributed by atoms with van der Waals surface area (Å²) in [6, 6.07) is 0.0609. The van der Waals surface area contributed by atoms with Crippen LogP contribution in [0.4, 0.5) is 4.79 Å². The van der Waals surface area contributed by atoms with E-state index in [4.69, 9.17) is 9.47 Å². The Kier molecular flexibility index (Phi) is 5.73. The zero-order chi connectivity index (χ0) is 19.6. The van der Waals surface area contributed by atoms with Gasteiger partial charge in [-0.05, 0) is 38.5 Å². The highest BCUT2D eigenvalue weighted by molar-refractivity contribution is 7.89. The lowest BCUT2D eigenvalue weighted by molar-refractivity contribution is -0.132. The van der Waals surface area contributed by atoms with Crippen molar-refractivity contribution in [1.29, 1.82) is 0 Å². The van der Waals surface area contributed by atoms with Crippen molar-refractivity contribution in [2.75, 3.05) is 26.5 Å². The number of carbonyl (C=O) groups is 2. The highest BCUT2D eigenvalue weighted by atomic mass is 32.2. The van der Waals surface area contributed by atoms with Gasteiger partial charge in [0, 0.05) is 19.6 Å². The van der Waals surface area contributed by atoms with Crippen LogP contribution in [0.3, 0.4) is 0 Å². The molecule has 3 aliphatic heterocycles. The van der Waals surface area contributed by atoms with Gasteiger partial charge in [0.15, 0.2) is 6.61 Å². The summed E-state index contributed by atoms with van der Waals surface area (Å²) < 4.78 is 38.2. The van der Waals surface area contributed by atoms with Crippen molar-refractivity contribution in [3.05, 3.63) is 12.0 Å². The van der Waals surface area contributed by atoms with Gasteiger partial charge in [-0.3, -0.25) is 4.79 Å². The molecular formula is C17H25N3O6S. The first-order valence-corrected chi connectivity index (χ1v) is 10.9. The molecule has 1 aliphatic carbocycles. The number of piperidine rings is 1. The second kappa shape index (κ2) is 7.87. The monoisotopic (exact) mass is 399 g/mol. The molecule has 4 aliphatic rings. The first kappa shape index (κ1) is 19.7. The van der Waals surface area contributed by atoms with Gasteiger partial charge in [-0.15, -0.1) is 0 Å². The fourth-order valence-electron chi connectivity index (χ4n) is 3.67. The smallest absolute Gasteiger partial charge is 0.410 e. The van der Waals surface area contributed by atoms with Crippen LogP contribution >= 0.6 is 0 Å². The maximum Gasteiger partial charge on any atom is 0.410 e. The highest BCUT2D eigenvalue weighted by Crippen LogP contribution is 2.27. The number of hydrogen-bond donors (Lipinski definition) is 0. The Morgan fingerprint density at radius 3 is 2.56 bits per heavy atom. The molecule has 0 radical (unpaired) electrons. The fraction of sp³-hybridized carbons (Fsp3) is 0.706. The minimum atomic E-state index is -3.61. The molecule has 0 atom stereocenters. The van der Waals surface area contributed by atoms with Crippen LogP contribution in [-0.2, 0) is 24.3 Å². The van der Waals surface area contributed by atoms with Crippen LogP contribution in [0, 0.1) is 0 Å². The summed E-state index contributed by atoms with van der Waals surface area (Å²) in [5.74, 6) is -0.431. The molecule has 0 aromatic heterocycles. The number of ether oxygens (including phenoxy) is 2. The molecule has 4 rings (SSSR count). The van der Waals surface area contributed by atoms with Crippen molar-refractivity contribution in [2.24, 2.45) is 4.40 Å². The first-order valence-electron chi connectivity index (χ1n) is 9.09. The van der Waals surface area contributed by atoms with Gasteiger partial charge in [0.05, 0.1) is 18.1 Å². The van der Waals surface area contributed by atoms with Crippen molar-refractivity contribution in [2.45, 2.75) is 50.7 Å². The lowest BCUT2D eigenvalue weighted by Crippen LogP contribution is -2.43. The lowest BCUT2D eigenvalue weighted by atomic mass is 9.92. The normalized spacial score (nSPS) is 31.0. The third-order valence-corrected chi connectivity index (χ3v) is 5.68. The van der Waals surface area contributed by atoms with E-state index in [1.807, 2.05) is 0 Å². The minimum Gasteiger partial charge on any atom is -0.496 e. The Morgan fingerprint density at radius 1 is 1.19 bits per heavy atom. The number of carbonyl (C=O) groups excluding carboxylic acids is 2. The van der Waals surface area contributed by atoms with Crippen molar-refractivity contribution in [3.63, 3.8) is 0 Å². The molecule has 3 heterocycles. The second-order valence-electron chi connectivity index (χ2n) is 7.16. The highest BCUT2D eigenvalue weighted by Gasteiger charge is 2.32. The first-order chi connectivity index (χ1) is 12.7. The average molecular weight is 399 g/mol. The van der Waals surface area contributed by atoms with Gasteiger partial charge in [0.25, 0.3) is 15.9 Å². The van der Waals surface area contributed by atoms with Crippen LogP contribution < -0.4 is 0 Å². The zero-order valence-electron chi connectivity index (χ0n) is 15.6. The number of allylic oxidation sites excluding steroid dienone is 1. The van der Waals surface area contributed by atoms with E-state index >= 15 is 0 Å².